The first kappa shape index (κ1) is 15.4. The van der Waals surface area contributed by atoms with Crippen LogP contribution in [0.3, 0.4) is 0 Å². The molecular formula is C17H21FN2O. The van der Waals surface area contributed by atoms with Gasteiger partial charge in [-0.25, -0.2) is 4.39 Å². The van der Waals surface area contributed by atoms with Crippen LogP contribution in [-0.4, -0.2) is 11.6 Å². The molecule has 2 aromatic rings. The van der Waals surface area contributed by atoms with Gasteiger partial charge in [0.25, 0.3) is 5.56 Å². The lowest BCUT2D eigenvalue weighted by Gasteiger charge is -2.20. The molecule has 0 bridgehead atoms. The fraction of sp³-hybridized carbons (Fsp3) is 0.353. The van der Waals surface area contributed by atoms with Crippen LogP contribution in [-0.2, 0) is 6.54 Å². The summed E-state index contributed by atoms with van der Waals surface area (Å²) in [6, 6.07) is 10.1. The van der Waals surface area contributed by atoms with E-state index in [9.17, 15) is 9.18 Å². The molecule has 1 aromatic carbocycles. The van der Waals surface area contributed by atoms with E-state index >= 15 is 0 Å². The summed E-state index contributed by atoms with van der Waals surface area (Å²) in [7, 11) is 1.82. The fourth-order valence-corrected chi connectivity index (χ4v) is 2.40. The number of hydrogen-bond donors (Lipinski definition) is 1. The lowest BCUT2D eigenvalue weighted by molar-refractivity contribution is 0.515. The zero-order valence-electron chi connectivity index (χ0n) is 12.7. The Labute approximate surface area is 124 Å². The van der Waals surface area contributed by atoms with E-state index in [1.54, 1.807) is 16.7 Å². The Morgan fingerprint density at radius 1 is 1.19 bits per heavy atom. The van der Waals surface area contributed by atoms with Crippen molar-refractivity contribution in [1.82, 2.24) is 9.88 Å². The van der Waals surface area contributed by atoms with Gasteiger partial charge in [-0.1, -0.05) is 13.0 Å². The molecule has 1 atom stereocenters. The van der Waals surface area contributed by atoms with Gasteiger partial charge in [-0.3, -0.25) is 4.79 Å². The molecule has 21 heavy (non-hydrogen) atoms. The first-order chi connectivity index (χ1) is 10.1. The van der Waals surface area contributed by atoms with Gasteiger partial charge in [0.2, 0.25) is 0 Å². The van der Waals surface area contributed by atoms with Crippen molar-refractivity contribution < 1.29 is 4.39 Å². The highest BCUT2D eigenvalue weighted by Gasteiger charge is 2.14. The van der Waals surface area contributed by atoms with E-state index in [0.29, 0.717) is 6.54 Å². The number of benzene rings is 1. The maximum absolute atomic E-state index is 13.1. The van der Waals surface area contributed by atoms with Crippen LogP contribution in [0.25, 0.3) is 11.3 Å². The minimum Gasteiger partial charge on any atom is -0.315 e. The molecule has 0 saturated carbocycles. The number of hydrogen-bond acceptors (Lipinski definition) is 2. The first-order valence-electron chi connectivity index (χ1n) is 7.23. The van der Waals surface area contributed by atoms with Crippen molar-refractivity contribution in [2.45, 2.75) is 32.9 Å². The fourth-order valence-electron chi connectivity index (χ4n) is 2.40. The zero-order chi connectivity index (χ0) is 15.4. The molecule has 0 radical (unpaired) electrons. The van der Waals surface area contributed by atoms with E-state index in [4.69, 9.17) is 0 Å². The molecule has 0 aliphatic heterocycles. The number of aromatic nitrogens is 1. The summed E-state index contributed by atoms with van der Waals surface area (Å²) in [4.78, 5) is 12.7. The SMILES string of the molecule is CCC(C)n1c(-c2ccc(F)cc2)ccc(CNC)c1=O. The quantitative estimate of drug-likeness (QED) is 0.915. The van der Waals surface area contributed by atoms with Crippen molar-refractivity contribution in [2.75, 3.05) is 7.05 Å². The summed E-state index contributed by atoms with van der Waals surface area (Å²) < 4.78 is 14.9. The molecule has 1 aromatic heterocycles. The Bertz CT molecular complexity index is 661. The van der Waals surface area contributed by atoms with E-state index in [2.05, 4.69) is 12.2 Å². The minimum absolute atomic E-state index is 0.0144. The van der Waals surface area contributed by atoms with Gasteiger partial charge < -0.3 is 9.88 Å². The minimum atomic E-state index is -0.275. The van der Waals surface area contributed by atoms with Crippen molar-refractivity contribution in [3.8, 4) is 11.3 Å². The molecule has 0 fully saturated rings. The standard InChI is InChI=1S/C17H21FN2O/c1-4-12(2)20-16(13-5-8-15(18)9-6-13)10-7-14(11-19-3)17(20)21/h5-10,12,19H,4,11H2,1-3H3. The molecule has 1 heterocycles. The van der Waals surface area contributed by atoms with Crippen molar-refractivity contribution in [3.05, 3.63) is 58.1 Å². The van der Waals surface area contributed by atoms with Gasteiger partial charge in [-0.2, -0.15) is 0 Å². The summed E-state index contributed by atoms with van der Waals surface area (Å²) in [6.07, 6.45) is 0.858. The molecule has 1 N–H and O–H groups in total. The topological polar surface area (TPSA) is 34.0 Å². The third-order valence-electron chi connectivity index (χ3n) is 3.73. The zero-order valence-corrected chi connectivity index (χ0v) is 12.7. The highest BCUT2D eigenvalue weighted by atomic mass is 19.1. The number of rotatable bonds is 5. The van der Waals surface area contributed by atoms with E-state index in [-0.39, 0.29) is 17.4 Å². The van der Waals surface area contributed by atoms with Crippen LogP contribution < -0.4 is 10.9 Å². The van der Waals surface area contributed by atoms with Crippen LogP contribution in [0.2, 0.25) is 0 Å². The maximum Gasteiger partial charge on any atom is 0.255 e. The molecule has 4 heteroatoms. The van der Waals surface area contributed by atoms with E-state index < -0.39 is 0 Å². The Balaban J connectivity index is 2.62. The average molecular weight is 288 g/mol. The van der Waals surface area contributed by atoms with Gasteiger partial charge in [-0.15, -0.1) is 0 Å². The molecule has 3 nitrogen and oxygen atoms in total. The molecule has 0 aliphatic carbocycles. The number of pyridine rings is 1. The Morgan fingerprint density at radius 2 is 1.86 bits per heavy atom. The van der Waals surface area contributed by atoms with Gasteiger partial charge in [0.15, 0.2) is 0 Å². The van der Waals surface area contributed by atoms with Gasteiger partial charge in [0.05, 0.1) is 5.69 Å². The normalized spacial score (nSPS) is 12.4. The van der Waals surface area contributed by atoms with E-state index in [0.717, 1.165) is 23.2 Å². The van der Waals surface area contributed by atoms with Crippen LogP contribution in [0.4, 0.5) is 4.39 Å². The monoisotopic (exact) mass is 288 g/mol. The molecule has 0 saturated heterocycles. The van der Waals surface area contributed by atoms with Crippen molar-refractivity contribution in [2.24, 2.45) is 0 Å². The van der Waals surface area contributed by atoms with Crippen LogP contribution >= 0.6 is 0 Å². The molecule has 2 rings (SSSR count). The maximum atomic E-state index is 13.1. The Morgan fingerprint density at radius 3 is 2.43 bits per heavy atom. The summed E-state index contributed by atoms with van der Waals surface area (Å²) in [5, 5.41) is 3.01. The Hall–Kier alpha value is -1.94. The molecule has 0 amide bonds. The van der Waals surface area contributed by atoms with Gasteiger partial charge in [0.1, 0.15) is 5.82 Å². The predicted octanol–water partition coefficient (Wildman–Crippen LogP) is 3.34. The van der Waals surface area contributed by atoms with E-state index in [1.165, 1.54) is 12.1 Å². The highest BCUT2D eigenvalue weighted by molar-refractivity contribution is 5.60. The summed E-state index contributed by atoms with van der Waals surface area (Å²) >= 11 is 0. The number of nitrogens with one attached hydrogen (secondary N) is 1. The van der Waals surface area contributed by atoms with Crippen molar-refractivity contribution in [1.29, 1.82) is 0 Å². The smallest absolute Gasteiger partial charge is 0.255 e. The molecule has 0 spiro atoms. The first-order valence-corrected chi connectivity index (χ1v) is 7.23. The van der Waals surface area contributed by atoms with Crippen LogP contribution in [0, 0.1) is 5.82 Å². The lowest BCUT2D eigenvalue weighted by atomic mass is 10.1. The summed E-state index contributed by atoms with van der Waals surface area (Å²) in [5.74, 6) is -0.275. The molecule has 112 valence electrons. The van der Waals surface area contributed by atoms with E-state index in [1.807, 2.05) is 26.1 Å². The molecular weight excluding hydrogens is 267 g/mol. The number of halogens is 1. The third-order valence-corrected chi connectivity index (χ3v) is 3.73. The second-order valence-corrected chi connectivity index (χ2v) is 5.21. The second kappa shape index (κ2) is 6.68. The third kappa shape index (κ3) is 3.22. The van der Waals surface area contributed by atoms with Gasteiger partial charge in [-0.05, 0) is 56.3 Å². The lowest BCUT2D eigenvalue weighted by Crippen LogP contribution is -2.29. The van der Waals surface area contributed by atoms with Gasteiger partial charge >= 0.3 is 0 Å². The average Bonchev–Trinajstić information content (AvgIpc) is 2.49. The van der Waals surface area contributed by atoms with Crippen LogP contribution in [0.1, 0.15) is 31.9 Å². The molecule has 0 aliphatic rings. The summed E-state index contributed by atoms with van der Waals surface area (Å²) in [6.45, 7) is 4.62. The second-order valence-electron chi connectivity index (χ2n) is 5.21. The summed E-state index contributed by atoms with van der Waals surface area (Å²) in [5.41, 5.74) is 2.43. The van der Waals surface area contributed by atoms with Crippen molar-refractivity contribution in [3.63, 3.8) is 0 Å². The van der Waals surface area contributed by atoms with Crippen LogP contribution in [0.5, 0.6) is 0 Å². The largest absolute Gasteiger partial charge is 0.315 e. The van der Waals surface area contributed by atoms with Crippen LogP contribution in [0.15, 0.2) is 41.2 Å². The number of nitrogens with zero attached hydrogens (tertiary/aromatic N) is 1. The van der Waals surface area contributed by atoms with Gasteiger partial charge in [0, 0.05) is 18.2 Å². The molecule has 1 unspecified atom stereocenters. The van der Waals surface area contributed by atoms with Crippen molar-refractivity contribution >= 4 is 0 Å². The predicted molar refractivity (Wildman–Crippen MR) is 83.9 cm³/mol. The Kier molecular flexibility index (Phi) is 4.91. The highest BCUT2D eigenvalue weighted by Crippen LogP contribution is 2.23.